The first kappa shape index (κ1) is 11.8. The summed E-state index contributed by atoms with van der Waals surface area (Å²) in [6.07, 6.45) is 0. The topological polar surface area (TPSA) is 12.0 Å². The number of hydrogen-bond acceptors (Lipinski definition) is 1. The second-order valence-corrected chi connectivity index (χ2v) is 4.52. The highest BCUT2D eigenvalue weighted by atomic mass is 79.9. The predicted octanol–water partition coefficient (Wildman–Crippen LogP) is 3.94. The molecule has 0 heterocycles. The molecule has 0 amide bonds. The zero-order valence-electron chi connectivity index (χ0n) is 8.27. The van der Waals surface area contributed by atoms with Gasteiger partial charge in [-0.3, -0.25) is 0 Å². The number of benzene rings is 1. The van der Waals surface area contributed by atoms with Crippen LogP contribution in [0.15, 0.2) is 34.8 Å². The largest absolute Gasteiger partial charge is 0.310 e. The van der Waals surface area contributed by atoms with E-state index in [9.17, 15) is 0 Å². The average Bonchev–Trinajstić information content (AvgIpc) is 2.09. The molecule has 0 fully saturated rings. The Labute approximate surface area is 98.3 Å². The van der Waals surface area contributed by atoms with Gasteiger partial charge in [-0.15, -0.1) is 0 Å². The van der Waals surface area contributed by atoms with Crippen molar-refractivity contribution in [3.05, 3.63) is 45.4 Å². The SMILES string of the molecule is C=C(C)C(NC)c1ccc(Cl)cc1Br. The van der Waals surface area contributed by atoms with Crippen LogP contribution in [0.3, 0.4) is 0 Å². The third-order valence-electron chi connectivity index (χ3n) is 2.05. The van der Waals surface area contributed by atoms with Gasteiger partial charge in [0.05, 0.1) is 6.04 Å². The minimum Gasteiger partial charge on any atom is -0.310 e. The number of hydrogen-bond donors (Lipinski definition) is 1. The Bertz CT molecular complexity index is 349. The molecular formula is C11H13BrClN. The van der Waals surface area contributed by atoms with Crippen LogP contribution in [0, 0.1) is 0 Å². The lowest BCUT2D eigenvalue weighted by atomic mass is 10.0. The molecule has 1 nitrogen and oxygen atoms in total. The van der Waals surface area contributed by atoms with Gasteiger partial charge >= 0.3 is 0 Å². The fourth-order valence-corrected chi connectivity index (χ4v) is 2.31. The minimum atomic E-state index is 0.168. The van der Waals surface area contributed by atoms with Crippen LogP contribution in [0.4, 0.5) is 0 Å². The maximum atomic E-state index is 5.87. The molecule has 0 spiro atoms. The lowest BCUT2D eigenvalue weighted by Crippen LogP contribution is -2.17. The molecule has 0 saturated carbocycles. The van der Waals surface area contributed by atoms with Crippen LogP contribution in [-0.4, -0.2) is 7.05 Å². The average molecular weight is 275 g/mol. The van der Waals surface area contributed by atoms with Crippen LogP contribution >= 0.6 is 27.5 Å². The van der Waals surface area contributed by atoms with Crippen LogP contribution in [-0.2, 0) is 0 Å². The van der Waals surface area contributed by atoms with Gasteiger partial charge in [0.2, 0.25) is 0 Å². The fraction of sp³-hybridized carbons (Fsp3) is 0.273. The van der Waals surface area contributed by atoms with Crippen molar-refractivity contribution in [3.63, 3.8) is 0 Å². The zero-order chi connectivity index (χ0) is 10.7. The van der Waals surface area contributed by atoms with Gasteiger partial charge < -0.3 is 5.32 Å². The van der Waals surface area contributed by atoms with E-state index in [0.29, 0.717) is 0 Å². The van der Waals surface area contributed by atoms with Gasteiger partial charge in [-0.25, -0.2) is 0 Å². The van der Waals surface area contributed by atoms with E-state index in [1.807, 2.05) is 32.2 Å². The van der Waals surface area contributed by atoms with Crippen LogP contribution in [0.1, 0.15) is 18.5 Å². The third-order valence-corrected chi connectivity index (χ3v) is 2.98. The molecule has 0 saturated heterocycles. The summed E-state index contributed by atoms with van der Waals surface area (Å²) in [5, 5.41) is 3.94. The zero-order valence-corrected chi connectivity index (χ0v) is 10.6. The lowest BCUT2D eigenvalue weighted by Gasteiger charge is -2.18. The summed E-state index contributed by atoms with van der Waals surface area (Å²) >= 11 is 9.36. The van der Waals surface area contributed by atoms with E-state index in [4.69, 9.17) is 11.6 Å². The van der Waals surface area contributed by atoms with Crippen molar-refractivity contribution in [2.75, 3.05) is 7.05 Å². The van der Waals surface area contributed by atoms with Gasteiger partial charge in [-0.05, 0) is 31.7 Å². The van der Waals surface area contributed by atoms with Crippen molar-refractivity contribution >= 4 is 27.5 Å². The van der Waals surface area contributed by atoms with Crippen molar-refractivity contribution in [2.24, 2.45) is 0 Å². The molecule has 0 radical (unpaired) electrons. The highest BCUT2D eigenvalue weighted by molar-refractivity contribution is 9.10. The molecule has 1 atom stereocenters. The van der Waals surface area contributed by atoms with Gasteiger partial charge in [-0.2, -0.15) is 0 Å². The van der Waals surface area contributed by atoms with Gasteiger partial charge in [0.15, 0.2) is 0 Å². The Balaban J connectivity index is 3.10. The van der Waals surface area contributed by atoms with Crippen molar-refractivity contribution in [3.8, 4) is 0 Å². The van der Waals surface area contributed by atoms with Crippen molar-refractivity contribution in [1.29, 1.82) is 0 Å². The minimum absolute atomic E-state index is 0.168. The molecule has 14 heavy (non-hydrogen) atoms. The van der Waals surface area contributed by atoms with Gasteiger partial charge in [0, 0.05) is 9.50 Å². The molecule has 0 bridgehead atoms. The summed E-state index contributed by atoms with van der Waals surface area (Å²) in [7, 11) is 1.92. The Hall–Kier alpha value is -0.310. The van der Waals surface area contributed by atoms with Crippen molar-refractivity contribution in [1.82, 2.24) is 5.32 Å². The molecule has 1 aromatic carbocycles. The molecule has 1 unspecified atom stereocenters. The first-order valence-corrected chi connectivity index (χ1v) is 5.51. The molecule has 76 valence electrons. The van der Waals surface area contributed by atoms with E-state index in [0.717, 1.165) is 20.6 Å². The summed E-state index contributed by atoms with van der Waals surface area (Å²) in [6.45, 7) is 5.95. The van der Waals surface area contributed by atoms with E-state index >= 15 is 0 Å². The summed E-state index contributed by atoms with van der Waals surface area (Å²) in [5.74, 6) is 0. The highest BCUT2D eigenvalue weighted by Crippen LogP contribution is 2.29. The maximum absolute atomic E-state index is 5.87. The normalized spacial score (nSPS) is 12.6. The van der Waals surface area contributed by atoms with Gasteiger partial charge in [-0.1, -0.05) is 45.7 Å². The molecular weight excluding hydrogens is 261 g/mol. The molecule has 0 aliphatic carbocycles. The third kappa shape index (κ3) is 2.59. The molecule has 1 aromatic rings. The number of halogens is 2. The van der Waals surface area contributed by atoms with Gasteiger partial charge in [0.1, 0.15) is 0 Å². The summed E-state index contributed by atoms with van der Waals surface area (Å²) in [4.78, 5) is 0. The molecule has 1 N–H and O–H groups in total. The monoisotopic (exact) mass is 273 g/mol. The second kappa shape index (κ2) is 4.96. The maximum Gasteiger partial charge on any atom is 0.0539 e. The van der Waals surface area contributed by atoms with Gasteiger partial charge in [0.25, 0.3) is 0 Å². The quantitative estimate of drug-likeness (QED) is 0.823. The summed E-state index contributed by atoms with van der Waals surface area (Å²) < 4.78 is 1.01. The molecule has 0 aliphatic heterocycles. The predicted molar refractivity (Wildman–Crippen MR) is 65.8 cm³/mol. The molecule has 3 heteroatoms. The molecule has 1 rings (SSSR count). The van der Waals surface area contributed by atoms with E-state index in [-0.39, 0.29) is 6.04 Å². The Kier molecular flexibility index (Phi) is 4.17. The van der Waals surface area contributed by atoms with Crippen LogP contribution in [0.25, 0.3) is 0 Å². The van der Waals surface area contributed by atoms with E-state index in [2.05, 4.69) is 27.8 Å². The van der Waals surface area contributed by atoms with E-state index in [1.165, 1.54) is 0 Å². The molecule has 0 aromatic heterocycles. The smallest absolute Gasteiger partial charge is 0.0539 e. The van der Waals surface area contributed by atoms with Crippen molar-refractivity contribution < 1.29 is 0 Å². The number of rotatable bonds is 3. The second-order valence-electron chi connectivity index (χ2n) is 3.23. The van der Waals surface area contributed by atoms with E-state index < -0.39 is 0 Å². The van der Waals surface area contributed by atoms with Crippen LogP contribution in [0.2, 0.25) is 5.02 Å². The number of nitrogens with one attached hydrogen (secondary N) is 1. The van der Waals surface area contributed by atoms with Crippen LogP contribution in [0.5, 0.6) is 0 Å². The Morgan fingerprint density at radius 1 is 1.57 bits per heavy atom. The standard InChI is InChI=1S/C11H13BrClN/c1-7(2)11(14-3)9-5-4-8(13)6-10(9)12/h4-6,11,14H,1H2,2-3H3. The summed E-state index contributed by atoms with van der Waals surface area (Å²) in [6, 6.07) is 5.95. The Morgan fingerprint density at radius 2 is 2.21 bits per heavy atom. The fourth-order valence-electron chi connectivity index (χ4n) is 1.40. The summed E-state index contributed by atoms with van der Waals surface area (Å²) in [5.41, 5.74) is 2.24. The Morgan fingerprint density at radius 3 is 2.64 bits per heavy atom. The van der Waals surface area contributed by atoms with Crippen LogP contribution < -0.4 is 5.32 Å². The van der Waals surface area contributed by atoms with Crippen molar-refractivity contribution in [2.45, 2.75) is 13.0 Å². The first-order valence-electron chi connectivity index (χ1n) is 4.34. The lowest BCUT2D eigenvalue weighted by molar-refractivity contribution is 0.677. The first-order chi connectivity index (χ1) is 6.56. The van der Waals surface area contributed by atoms with E-state index in [1.54, 1.807) is 0 Å². The highest BCUT2D eigenvalue weighted by Gasteiger charge is 2.12. The molecule has 0 aliphatic rings. The number of likely N-dealkylation sites (N-methyl/N-ethyl adjacent to an activating group) is 1.